The molecule has 0 saturated heterocycles. The summed E-state index contributed by atoms with van der Waals surface area (Å²) in [4.78, 5) is 40.8. The van der Waals surface area contributed by atoms with Crippen molar-refractivity contribution in [2.45, 2.75) is 82.7 Å². The molecule has 2 fully saturated rings. The molecule has 1 aliphatic heterocycles. The van der Waals surface area contributed by atoms with Gasteiger partial charge in [0, 0.05) is 12.5 Å². The number of carbonyl (C=O) groups excluding carboxylic acids is 3. The van der Waals surface area contributed by atoms with E-state index in [1.807, 2.05) is 18.2 Å². The first-order chi connectivity index (χ1) is 14.1. The van der Waals surface area contributed by atoms with Crippen LogP contribution in [0, 0.1) is 5.92 Å². The standard InChI is InChI=1S/C23H31N3O3/c27-20(15-16-9-3-1-4-10-16)26-19-14-8-7-13-18(19)25-23(29)21(26)22(28)24-17-11-5-2-6-12-17/h7-8,13-14,16-17,21H,1-6,9-12,15H2,(H,24,28)(H,25,29). The second kappa shape index (κ2) is 8.97. The summed E-state index contributed by atoms with van der Waals surface area (Å²) in [5, 5.41) is 5.87. The molecule has 0 spiro atoms. The molecule has 0 radical (unpaired) electrons. The van der Waals surface area contributed by atoms with Crippen LogP contribution in [0.4, 0.5) is 11.4 Å². The van der Waals surface area contributed by atoms with Gasteiger partial charge in [0.2, 0.25) is 5.91 Å². The van der Waals surface area contributed by atoms with Crippen LogP contribution < -0.4 is 15.5 Å². The summed E-state index contributed by atoms with van der Waals surface area (Å²) in [5.41, 5.74) is 1.22. The highest BCUT2D eigenvalue weighted by Crippen LogP contribution is 2.35. The predicted octanol–water partition coefficient (Wildman–Crippen LogP) is 3.76. The number of hydrogen-bond acceptors (Lipinski definition) is 3. The Morgan fingerprint density at radius 3 is 2.34 bits per heavy atom. The van der Waals surface area contributed by atoms with Gasteiger partial charge in [-0.3, -0.25) is 19.3 Å². The molecule has 3 amide bonds. The largest absolute Gasteiger partial charge is 0.351 e. The Morgan fingerprint density at radius 1 is 0.966 bits per heavy atom. The van der Waals surface area contributed by atoms with Gasteiger partial charge < -0.3 is 10.6 Å². The highest BCUT2D eigenvalue weighted by Gasteiger charge is 2.42. The first-order valence-corrected chi connectivity index (χ1v) is 11.2. The second-order valence-electron chi connectivity index (χ2n) is 8.72. The van der Waals surface area contributed by atoms with Gasteiger partial charge in [0.25, 0.3) is 11.8 Å². The maximum atomic E-state index is 13.3. The van der Waals surface area contributed by atoms with Crippen molar-refractivity contribution in [1.82, 2.24) is 5.32 Å². The van der Waals surface area contributed by atoms with Crippen molar-refractivity contribution < 1.29 is 14.4 Å². The van der Waals surface area contributed by atoms with Crippen molar-refractivity contribution in [3.63, 3.8) is 0 Å². The maximum absolute atomic E-state index is 13.3. The third-order valence-corrected chi connectivity index (χ3v) is 6.58. The van der Waals surface area contributed by atoms with Crippen LogP contribution in [0.3, 0.4) is 0 Å². The van der Waals surface area contributed by atoms with E-state index in [1.165, 1.54) is 17.7 Å². The van der Waals surface area contributed by atoms with Gasteiger partial charge in [0.15, 0.2) is 6.04 Å². The van der Waals surface area contributed by atoms with Gasteiger partial charge in [0.1, 0.15) is 0 Å². The number of nitrogens with zero attached hydrogens (tertiary/aromatic N) is 1. The van der Waals surface area contributed by atoms with Crippen LogP contribution in [0.5, 0.6) is 0 Å². The zero-order valence-corrected chi connectivity index (χ0v) is 17.0. The quantitative estimate of drug-likeness (QED) is 0.760. The molecule has 6 heteroatoms. The van der Waals surface area contributed by atoms with E-state index in [4.69, 9.17) is 0 Å². The topological polar surface area (TPSA) is 78.5 Å². The molecule has 1 heterocycles. The van der Waals surface area contributed by atoms with Gasteiger partial charge in [-0.25, -0.2) is 0 Å². The summed E-state index contributed by atoms with van der Waals surface area (Å²) in [5.74, 6) is -0.562. The van der Waals surface area contributed by atoms with E-state index in [1.54, 1.807) is 6.07 Å². The van der Waals surface area contributed by atoms with Gasteiger partial charge in [-0.2, -0.15) is 0 Å². The summed E-state index contributed by atoms with van der Waals surface area (Å²) in [6, 6.07) is 6.22. The molecule has 0 aromatic heterocycles. The van der Waals surface area contributed by atoms with Gasteiger partial charge in [0.05, 0.1) is 11.4 Å². The van der Waals surface area contributed by atoms with Crippen LogP contribution in [0.25, 0.3) is 0 Å². The van der Waals surface area contributed by atoms with E-state index < -0.39 is 11.9 Å². The van der Waals surface area contributed by atoms with Gasteiger partial charge >= 0.3 is 0 Å². The number of anilines is 2. The molecule has 1 aromatic carbocycles. The van der Waals surface area contributed by atoms with Crippen LogP contribution in [-0.2, 0) is 14.4 Å². The number of hydrogen-bond donors (Lipinski definition) is 2. The fraction of sp³-hybridized carbons (Fsp3) is 0.609. The molecular weight excluding hydrogens is 366 g/mol. The lowest BCUT2D eigenvalue weighted by atomic mass is 9.86. The van der Waals surface area contributed by atoms with Crippen molar-refractivity contribution in [3.05, 3.63) is 24.3 Å². The Kier molecular flexibility index (Phi) is 6.16. The minimum atomic E-state index is -1.14. The van der Waals surface area contributed by atoms with Crippen LogP contribution in [0.2, 0.25) is 0 Å². The molecule has 0 bridgehead atoms. The molecular formula is C23H31N3O3. The summed E-state index contributed by atoms with van der Waals surface area (Å²) in [6.07, 6.45) is 11.3. The maximum Gasteiger partial charge on any atom is 0.257 e. The number of fused-ring (bicyclic) bond motifs is 1. The summed E-state index contributed by atoms with van der Waals surface area (Å²) >= 11 is 0. The molecule has 1 unspecified atom stereocenters. The molecule has 1 aromatic rings. The number of amides is 3. The van der Waals surface area contributed by atoms with Gasteiger partial charge in [-0.1, -0.05) is 50.7 Å². The van der Waals surface area contributed by atoms with Crippen molar-refractivity contribution >= 4 is 29.1 Å². The first kappa shape index (κ1) is 19.9. The lowest BCUT2D eigenvalue weighted by Crippen LogP contribution is -2.59. The number of benzene rings is 1. The Labute approximate surface area is 172 Å². The zero-order chi connectivity index (χ0) is 20.2. The smallest absolute Gasteiger partial charge is 0.257 e. The Balaban J connectivity index is 1.57. The van der Waals surface area contributed by atoms with Crippen molar-refractivity contribution in [2.75, 3.05) is 10.2 Å². The Bertz CT molecular complexity index is 766. The van der Waals surface area contributed by atoms with E-state index in [9.17, 15) is 14.4 Å². The van der Waals surface area contributed by atoms with Crippen LogP contribution in [0.15, 0.2) is 24.3 Å². The molecule has 4 rings (SSSR count). The van der Waals surface area contributed by atoms with Crippen molar-refractivity contribution in [2.24, 2.45) is 5.92 Å². The molecule has 1 atom stereocenters. The van der Waals surface area contributed by atoms with Crippen LogP contribution in [-0.4, -0.2) is 29.8 Å². The Morgan fingerprint density at radius 2 is 1.62 bits per heavy atom. The predicted molar refractivity (Wildman–Crippen MR) is 113 cm³/mol. The lowest BCUT2D eigenvalue weighted by molar-refractivity contribution is -0.133. The van der Waals surface area contributed by atoms with Crippen LogP contribution in [0.1, 0.15) is 70.6 Å². The molecule has 156 valence electrons. The lowest BCUT2D eigenvalue weighted by Gasteiger charge is -2.37. The molecule has 3 aliphatic rings. The first-order valence-electron chi connectivity index (χ1n) is 11.2. The van der Waals surface area contributed by atoms with E-state index in [2.05, 4.69) is 10.6 Å². The molecule has 2 aliphatic carbocycles. The molecule has 29 heavy (non-hydrogen) atoms. The fourth-order valence-corrected chi connectivity index (χ4v) is 5.03. The minimum absolute atomic E-state index is 0.0940. The van der Waals surface area contributed by atoms with Crippen LogP contribution >= 0.6 is 0 Å². The fourth-order valence-electron chi connectivity index (χ4n) is 5.03. The Hall–Kier alpha value is -2.37. The SMILES string of the molecule is O=C1Nc2ccccc2N(C(=O)CC2CCCCC2)C1C(=O)NC1CCCCC1. The summed E-state index contributed by atoms with van der Waals surface area (Å²) in [7, 11) is 0. The number of nitrogens with one attached hydrogen (secondary N) is 2. The number of para-hydroxylation sites is 2. The van der Waals surface area contributed by atoms with E-state index in [0.29, 0.717) is 23.7 Å². The number of carbonyl (C=O) groups is 3. The minimum Gasteiger partial charge on any atom is -0.351 e. The van der Waals surface area contributed by atoms with E-state index in [0.717, 1.165) is 51.4 Å². The third-order valence-electron chi connectivity index (χ3n) is 6.58. The summed E-state index contributed by atoms with van der Waals surface area (Å²) < 4.78 is 0. The molecule has 2 saturated carbocycles. The normalized spacial score (nSPS) is 23.2. The van der Waals surface area contributed by atoms with Crippen molar-refractivity contribution in [3.8, 4) is 0 Å². The van der Waals surface area contributed by atoms with E-state index in [-0.39, 0.29) is 17.9 Å². The average molecular weight is 398 g/mol. The second-order valence-corrected chi connectivity index (χ2v) is 8.72. The van der Waals surface area contributed by atoms with Crippen molar-refractivity contribution in [1.29, 1.82) is 0 Å². The van der Waals surface area contributed by atoms with E-state index >= 15 is 0 Å². The van der Waals surface area contributed by atoms with Gasteiger partial charge in [-0.15, -0.1) is 0 Å². The average Bonchev–Trinajstić information content (AvgIpc) is 2.74. The molecule has 6 nitrogen and oxygen atoms in total. The van der Waals surface area contributed by atoms with Gasteiger partial charge in [-0.05, 0) is 43.7 Å². The zero-order valence-electron chi connectivity index (χ0n) is 17.0. The highest BCUT2D eigenvalue weighted by atomic mass is 16.2. The highest BCUT2D eigenvalue weighted by molar-refractivity contribution is 6.21. The summed E-state index contributed by atoms with van der Waals surface area (Å²) in [6.45, 7) is 0. The third kappa shape index (κ3) is 4.46. The molecule has 2 N–H and O–H groups in total. The monoisotopic (exact) mass is 397 g/mol. The number of rotatable bonds is 4.